The normalized spacial score (nSPS) is 12.2. The van der Waals surface area contributed by atoms with Crippen molar-refractivity contribution in [3.63, 3.8) is 0 Å². The zero-order valence-corrected chi connectivity index (χ0v) is 9.24. The number of carboxylic acids is 1. The number of rotatable bonds is 5. The van der Waals surface area contributed by atoms with Crippen molar-refractivity contribution in [1.82, 2.24) is 4.98 Å². The average molecular weight is 227 g/mol. The first-order chi connectivity index (χ1) is 7.54. The Hall–Kier alpha value is -1.65. The Morgan fingerprint density at radius 2 is 2.38 bits per heavy atom. The van der Waals surface area contributed by atoms with Gasteiger partial charge < -0.3 is 9.84 Å². The first kappa shape index (κ1) is 12.4. The standard InChI is InChI=1S/C11H14FNO3/c1-3-4-7(2)16-10-9(11(14)15)5-8(12)6-13-10/h5-7H,3-4H2,1-2H3,(H,14,15). The lowest BCUT2D eigenvalue weighted by Gasteiger charge is -2.14. The molecule has 1 aromatic rings. The Morgan fingerprint density at radius 1 is 1.69 bits per heavy atom. The number of carboxylic acid groups (broad SMARTS) is 1. The first-order valence-corrected chi connectivity index (χ1v) is 5.10. The van der Waals surface area contributed by atoms with Gasteiger partial charge in [-0.2, -0.15) is 0 Å². The van der Waals surface area contributed by atoms with E-state index < -0.39 is 11.8 Å². The number of aromatic nitrogens is 1. The average Bonchev–Trinajstić information content (AvgIpc) is 2.20. The molecule has 0 amide bonds. The molecule has 5 heteroatoms. The SMILES string of the molecule is CCCC(C)Oc1ncc(F)cc1C(=O)O. The van der Waals surface area contributed by atoms with Gasteiger partial charge in [-0.15, -0.1) is 0 Å². The quantitative estimate of drug-likeness (QED) is 0.839. The van der Waals surface area contributed by atoms with E-state index in [1.54, 1.807) is 0 Å². The summed E-state index contributed by atoms with van der Waals surface area (Å²) >= 11 is 0. The Balaban J connectivity index is 2.90. The van der Waals surface area contributed by atoms with Crippen molar-refractivity contribution in [2.75, 3.05) is 0 Å². The molecule has 0 aromatic carbocycles. The summed E-state index contributed by atoms with van der Waals surface area (Å²) in [5.74, 6) is -1.96. The molecule has 88 valence electrons. The molecule has 0 saturated heterocycles. The third-order valence-electron chi connectivity index (χ3n) is 2.06. The minimum absolute atomic E-state index is 0.0325. The van der Waals surface area contributed by atoms with Crippen LogP contribution in [-0.4, -0.2) is 22.2 Å². The number of carbonyl (C=O) groups is 1. The zero-order chi connectivity index (χ0) is 12.1. The van der Waals surface area contributed by atoms with Crippen LogP contribution in [0.2, 0.25) is 0 Å². The summed E-state index contributed by atoms with van der Waals surface area (Å²) in [5.41, 5.74) is -0.247. The molecule has 16 heavy (non-hydrogen) atoms. The predicted molar refractivity (Wildman–Crippen MR) is 56.2 cm³/mol. The molecule has 0 aliphatic heterocycles. The fourth-order valence-electron chi connectivity index (χ4n) is 1.33. The van der Waals surface area contributed by atoms with Crippen LogP contribution in [0.1, 0.15) is 37.0 Å². The molecular weight excluding hydrogens is 213 g/mol. The van der Waals surface area contributed by atoms with Crippen molar-refractivity contribution in [1.29, 1.82) is 0 Å². The van der Waals surface area contributed by atoms with E-state index in [9.17, 15) is 9.18 Å². The molecule has 1 aromatic heterocycles. The molecule has 1 N–H and O–H groups in total. The van der Waals surface area contributed by atoms with Crippen LogP contribution < -0.4 is 4.74 Å². The molecule has 0 radical (unpaired) electrons. The van der Waals surface area contributed by atoms with Gasteiger partial charge in [-0.25, -0.2) is 14.2 Å². The van der Waals surface area contributed by atoms with E-state index >= 15 is 0 Å². The van der Waals surface area contributed by atoms with Crippen LogP contribution in [-0.2, 0) is 0 Å². The lowest BCUT2D eigenvalue weighted by atomic mass is 10.2. The Kier molecular flexibility index (Phi) is 4.22. The minimum Gasteiger partial charge on any atom is -0.477 e. The lowest BCUT2D eigenvalue weighted by Crippen LogP contribution is -2.15. The van der Waals surface area contributed by atoms with E-state index in [1.807, 2.05) is 13.8 Å². The largest absolute Gasteiger partial charge is 0.477 e. The fraction of sp³-hybridized carbons (Fsp3) is 0.455. The third-order valence-corrected chi connectivity index (χ3v) is 2.06. The minimum atomic E-state index is -1.24. The second-order valence-electron chi connectivity index (χ2n) is 3.53. The number of aromatic carboxylic acids is 1. The topological polar surface area (TPSA) is 59.4 Å². The highest BCUT2D eigenvalue weighted by Gasteiger charge is 2.16. The molecule has 0 aliphatic rings. The maximum absolute atomic E-state index is 12.8. The van der Waals surface area contributed by atoms with Crippen molar-refractivity contribution in [3.05, 3.63) is 23.6 Å². The van der Waals surface area contributed by atoms with Gasteiger partial charge >= 0.3 is 5.97 Å². The van der Waals surface area contributed by atoms with Crippen LogP contribution in [0.3, 0.4) is 0 Å². The van der Waals surface area contributed by atoms with E-state index in [2.05, 4.69) is 4.98 Å². The summed E-state index contributed by atoms with van der Waals surface area (Å²) in [4.78, 5) is 14.5. The van der Waals surface area contributed by atoms with E-state index in [-0.39, 0.29) is 17.5 Å². The lowest BCUT2D eigenvalue weighted by molar-refractivity contribution is 0.0687. The molecule has 0 bridgehead atoms. The van der Waals surface area contributed by atoms with Gasteiger partial charge in [0.05, 0.1) is 12.3 Å². The van der Waals surface area contributed by atoms with Crippen LogP contribution >= 0.6 is 0 Å². The summed E-state index contributed by atoms with van der Waals surface area (Å²) in [5, 5.41) is 8.85. The van der Waals surface area contributed by atoms with Crippen LogP contribution in [0.4, 0.5) is 4.39 Å². The maximum atomic E-state index is 12.8. The van der Waals surface area contributed by atoms with Gasteiger partial charge in [-0.05, 0) is 19.4 Å². The second-order valence-corrected chi connectivity index (χ2v) is 3.53. The molecule has 0 aliphatic carbocycles. The third kappa shape index (κ3) is 3.18. The Morgan fingerprint density at radius 3 is 2.94 bits per heavy atom. The van der Waals surface area contributed by atoms with Gasteiger partial charge in [-0.3, -0.25) is 0 Å². The Labute approximate surface area is 93.1 Å². The van der Waals surface area contributed by atoms with Gasteiger partial charge in [0.15, 0.2) is 0 Å². The number of nitrogens with zero attached hydrogens (tertiary/aromatic N) is 1. The number of halogens is 1. The first-order valence-electron chi connectivity index (χ1n) is 5.10. The summed E-state index contributed by atoms with van der Waals surface area (Å²) in [6.07, 6.45) is 2.52. The molecule has 1 atom stereocenters. The van der Waals surface area contributed by atoms with Gasteiger partial charge in [0.25, 0.3) is 0 Å². The van der Waals surface area contributed by atoms with E-state index in [4.69, 9.17) is 9.84 Å². The highest BCUT2D eigenvalue weighted by molar-refractivity contribution is 5.90. The molecule has 0 spiro atoms. The summed E-state index contributed by atoms with van der Waals surface area (Å²) in [7, 11) is 0. The summed E-state index contributed by atoms with van der Waals surface area (Å²) in [6.45, 7) is 3.82. The molecule has 1 heterocycles. The highest BCUT2D eigenvalue weighted by Crippen LogP contribution is 2.18. The highest BCUT2D eigenvalue weighted by atomic mass is 19.1. The van der Waals surface area contributed by atoms with Crippen LogP contribution in [0.15, 0.2) is 12.3 Å². The van der Waals surface area contributed by atoms with Crippen LogP contribution in [0.5, 0.6) is 5.88 Å². The maximum Gasteiger partial charge on any atom is 0.341 e. The summed E-state index contributed by atoms with van der Waals surface area (Å²) < 4.78 is 18.2. The molecule has 0 fully saturated rings. The van der Waals surface area contributed by atoms with Crippen LogP contribution in [0, 0.1) is 5.82 Å². The van der Waals surface area contributed by atoms with Gasteiger partial charge in [0.2, 0.25) is 5.88 Å². The second kappa shape index (κ2) is 5.44. The van der Waals surface area contributed by atoms with Crippen molar-refractivity contribution in [3.8, 4) is 5.88 Å². The van der Waals surface area contributed by atoms with E-state index in [0.717, 1.165) is 25.1 Å². The van der Waals surface area contributed by atoms with Crippen LogP contribution in [0.25, 0.3) is 0 Å². The van der Waals surface area contributed by atoms with E-state index in [1.165, 1.54) is 0 Å². The predicted octanol–water partition coefficient (Wildman–Crippen LogP) is 2.49. The number of pyridine rings is 1. The molecule has 1 rings (SSSR count). The monoisotopic (exact) mass is 227 g/mol. The molecule has 1 unspecified atom stereocenters. The fourth-order valence-corrected chi connectivity index (χ4v) is 1.33. The molecule has 0 saturated carbocycles. The van der Waals surface area contributed by atoms with Gasteiger partial charge in [0.1, 0.15) is 11.4 Å². The number of hydrogen-bond acceptors (Lipinski definition) is 3. The zero-order valence-electron chi connectivity index (χ0n) is 9.24. The number of hydrogen-bond donors (Lipinski definition) is 1. The van der Waals surface area contributed by atoms with Gasteiger partial charge in [-0.1, -0.05) is 13.3 Å². The number of ether oxygens (including phenoxy) is 1. The van der Waals surface area contributed by atoms with Crippen molar-refractivity contribution >= 4 is 5.97 Å². The van der Waals surface area contributed by atoms with Crippen molar-refractivity contribution in [2.45, 2.75) is 32.8 Å². The van der Waals surface area contributed by atoms with Crippen molar-refractivity contribution < 1.29 is 19.0 Å². The van der Waals surface area contributed by atoms with Gasteiger partial charge in [0, 0.05) is 0 Å². The molecular formula is C11H14FNO3. The smallest absolute Gasteiger partial charge is 0.341 e. The Bertz CT molecular complexity index is 381. The summed E-state index contributed by atoms with van der Waals surface area (Å²) in [6, 6.07) is 0.906. The van der Waals surface area contributed by atoms with Crippen molar-refractivity contribution in [2.24, 2.45) is 0 Å². The van der Waals surface area contributed by atoms with E-state index in [0.29, 0.717) is 0 Å². The molecule has 4 nitrogen and oxygen atoms in total.